The summed E-state index contributed by atoms with van der Waals surface area (Å²) in [6.07, 6.45) is 1.70. The first-order valence-corrected chi connectivity index (χ1v) is 8.86. The van der Waals surface area contributed by atoms with Crippen molar-refractivity contribution in [2.24, 2.45) is 0 Å². The molecule has 0 aliphatic heterocycles. The van der Waals surface area contributed by atoms with Crippen molar-refractivity contribution in [2.75, 3.05) is 0 Å². The van der Waals surface area contributed by atoms with E-state index < -0.39 is 8.32 Å². The molecule has 0 atom stereocenters. The van der Waals surface area contributed by atoms with Gasteiger partial charge in [-0.25, -0.2) is 0 Å². The maximum absolute atomic E-state index is 8.93. The molecule has 4 heteroatoms. The second-order valence-electron chi connectivity index (χ2n) is 5.86. The summed E-state index contributed by atoms with van der Waals surface area (Å²) in [5, 5.41) is 9.15. The van der Waals surface area contributed by atoms with Crippen molar-refractivity contribution in [1.82, 2.24) is 4.98 Å². The Kier molecular flexibility index (Phi) is 4.46. The third-order valence-electron chi connectivity index (χ3n) is 3.46. The van der Waals surface area contributed by atoms with Gasteiger partial charge >= 0.3 is 0 Å². The van der Waals surface area contributed by atoms with Gasteiger partial charge in [0, 0.05) is 6.20 Å². The second kappa shape index (κ2) is 5.29. The lowest BCUT2D eigenvalue weighted by atomic mass is 10.2. The lowest BCUT2D eigenvalue weighted by molar-refractivity contribution is 0.270. The Morgan fingerprint density at radius 3 is 2.35 bits per heavy atom. The lowest BCUT2D eigenvalue weighted by Crippen LogP contribution is -2.40. The summed E-state index contributed by atoms with van der Waals surface area (Å²) >= 11 is 0. The van der Waals surface area contributed by atoms with Gasteiger partial charge in [0.15, 0.2) is 8.32 Å². The van der Waals surface area contributed by atoms with Gasteiger partial charge in [0.05, 0.1) is 18.9 Å². The number of aliphatic hydroxyl groups excluding tert-OH is 1. The van der Waals surface area contributed by atoms with E-state index in [9.17, 15) is 0 Å². The van der Waals surface area contributed by atoms with E-state index in [0.29, 0.717) is 6.61 Å². The maximum Gasteiger partial charge on any atom is 0.192 e. The standard InChI is InChI=1S/C13H23NO2Si/c1-13(2,3)17(4,5)16-10-12-7-6-11(9-15)8-14-12/h6-8,15H,9-10H2,1-5H3. The minimum atomic E-state index is -1.70. The zero-order valence-corrected chi connectivity index (χ0v) is 12.4. The molecular weight excluding hydrogens is 230 g/mol. The van der Waals surface area contributed by atoms with Crippen molar-refractivity contribution in [2.45, 2.75) is 52.1 Å². The van der Waals surface area contributed by atoms with Crippen molar-refractivity contribution in [3.63, 3.8) is 0 Å². The molecule has 0 saturated carbocycles. The van der Waals surface area contributed by atoms with Crippen LogP contribution in [0.4, 0.5) is 0 Å². The van der Waals surface area contributed by atoms with Crippen LogP contribution in [0.15, 0.2) is 18.3 Å². The van der Waals surface area contributed by atoms with E-state index in [-0.39, 0.29) is 11.6 Å². The highest BCUT2D eigenvalue weighted by molar-refractivity contribution is 6.74. The monoisotopic (exact) mass is 253 g/mol. The molecule has 3 nitrogen and oxygen atoms in total. The third-order valence-corrected chi connectivity index (χ3v) is 7.93. The van der Waals surface area contributed by atoms with Gasteiger partial charge in [0.1, 0.15) is 0 Å². The first kappa shape index (κ1) is 14.3. The molecule has 0 amide bonds. The van der Waals surface area contributed by atoms with Crippen molar-refractivity contribution in [1.29, 1.82) is 0 Å². The molecule has 0 fully saturated rings. The Morgan fingerprint density at radius 1 is 1.29 bits per heavy atom. The molecule has 96 valence electrons. The van der Waals surface area contributed by atoms with Crippen LogP contribution in [0.2, 0.25) is 18.1 Å². The average Bonchev–Trinajstić information content (AvgIpc) is 2.25. The molecule has 0 radical (unpaired) electrons. The Balaban J connectivity index is 2.61. The minimum absolute atomic E-state index is 0.0381. The molecule has 1 aromatic heterocycles. The SMILES string of the molecule is CC(C)(C)[Si](C)(C)OCc1ccc(CO)cn1. The van der Waals surface area contributed by atoms with Crippen LogP contribution < -0.4 is 0 Å². The van der Waals surface area contributed by atoms with Crippen LogP contribution in [-0.2, 0) is 17.6 Å². The fourth-order valence-electron chi connectivity index (χ4n) is 1.10. The Bertz CT molecular complexity index is 355. The molecule has 0 saturated heterocycles. The number of hydrogen-bond acceptors (Lipinski definition) is 3. The van der Waals surface area contributed by atoms with E-state index in [1.54, 1.807) is 6.20 Å². The predicted octanol–water partition coefficient (Wildman–Crippen LogP) is 3.10. The van der Waals surface area contributed by atoms with Crippen molar-refractivity contribution in [3.05, 3.63) is 29.6 Å². The van der Waals surface area contributed by atoms with Crippen LogP contribution in [0.3, 0.4) is 0 Å². The summed E-state index contributed by atoms with van der Waals surface area (Å²) < 4.78 is 6.07. The molecular formula is C13H23NO2Si. The fraction of sp³-hybridized carbons (Fsp3) is 0.615. The summed E-state index contributed by atoms with van der Waals surface area (Å²) in [6, 6.07) is 3.80. The van der Waals surface area contributed by atoms with E-state index in [2.05, 4.69) is 38.8 Å². The highest BCUT2D eigenvalue weighted by Crippen LogP contribution is 2.36. The number of nitrogens with zero attached hydrogens (tertiary/aromatic N) is 1. The first-order chi connectivity index (χ1) is 7.76. The number of aliphatic hydroxyl groups is 1. The summed E-state index contributed by atoms with van der Waals surface area (Å²) in [7, 11) is -1.70. The molecule has 1 aromatic rings. The Labute approximate surface area is 105 Å². The van der Waals surface area contributed by atoms with E-state index >= 15 is 0 Å². The average molecular weight is 253 g/mol. The van der Waals surface area contributed by atoms with Gasteiger partial charge < -0.3 is 9.53 Å². The largest absolute Gasteiger partial charge is 0.411 e. The predicted molar refractivity (Wildman–Crippen MR) is 72.1 cm³/mol. The van der Waals surface area contributed by atoms with E-state index in [0.717, 1.165) is 11.3 Å². The third kappa shape index (κ3) is 3.91. The molecule has 1 rings (SSSR count). The van der Waals surface area contributed by atoms with Crippen LogP contribution in [0.5, 0.6) is 0 Å². The van der Waals surface area contributed by atoms with Gasteiger partial charge in [0.25, 0.3) is 0 Å². The molecule has 0 unspecified atom stereocenters. The minimum Gasteiger partial charge on any atom is -0.411 e. The maximum atomic E-state index is 8.93. The highest BCUT2D eigenvalue weighted by atomic mass is 28.4. The van der Waals surface area contributed by atoms with Gasteiger partial charge in [0.2, 0.25) is 0 Å². The number of rotatable bonds is 4. The highest BCUT2D eigenvalue weighted by Gasteiger charge is 2.37. The van der Waals surface area contributed by atoms with Gasteiger partial charge in [-0.15, -0.1) is 0 Å². The fourth-order valence-corrected chi connectivity index (χ4v) is 2.05. The van der Waals surface area contributed by atoms with Crippen LogP contribution in [-0.4, -0.2) is 18.4 Å². The zero-order chi connectivity index (χ0) is 13.1. The van der Waals surface area contributed by atoms with Crippen molar-refractivity contribution < 1.29 is 9.53 Å². The molecule has 0 bridgehead atoms. The zero-order valence-electron chi connectivity index (χ0n) is 11.4. The van der Waals surface area contributed by atoms with Gasteiger partial charge in [-0.1, -0.05) is 26.8 Å². The van der Waals surface area contributed by atoms with E-state index in [1.807, 2.05) is 12.1 Å². The summed E-state index contributed by atoms with van der Waals surface area (Å²) in [6.45, 7) is 11.7. The van der Waals surface area contributed by atoms with E-state index in [1.165, 1.54) is 0 Å². The van der Waals surface area contributed by atoms with Crippen LogP contribution in [0.25, 0.3) is 0 Å². The summed E-state index contributed by atoms with van der Waals surface area (Å²) in [5.74, 6) is 0. The Morgan fingerprint density at radius 2 is 1.94 bits per heavy atom. The quantitative estimate of drug-likeness (QED) is 0.838. The molecule has 1 N–H and O–H groups in total. The van der Waals surface area contributed by atoms with Crippen molar-refractivity contribution in [3.8, 4) is 0 Å². The number of hydrogen-bond donors (Lipinski definition) is 1. The van der Waals surface area contributed by atoms with Crippen molar-refractivity contribution >= 4 is 8.32 Å². The summed E-state index contributed by atoms with van der Waals surface area (Å²) in [4.78, 5) is 4.27. The number of pyridine rings is 1. The van der Waals surface area contributed by atoms with Gasteiger partial charge in [-0.2, -0.15) is 0 Å². The molecule has 17 heavy (non-hydrogen) atoms. The second-order valence-corrected chi connectivity index (χ2v) is 10.7. The molecule has 0 aromatic carbocycles. The lowest BCUT2D eigenvalue weighted by Gasteiger charge is -2.36. The molecule has 0 spiro atoms. The smallest absolute Gasteiger partial charge is 0.192 e. The molecule has 0 aliphatic rings. The van der Waals surface area contributed by atoms with Crippen LogP contribution in [0.1, 0.15) is 32.0 Å². The summed E-state index contributed by atoms with van der Waals surface area (Å²) in [5.41, 5.74) is 1.76. The molecule has 1 heterocycles. The van der Waals surface area contributed by atoms with Gasteiger partial charge in [-0.3, -0.25) is 4.98 Å². The normalized spacial score (nSPS) is 12.8. The number of aromatic nitrogens is 1. The van der Waals surface area contributed by atoms with Crippen LogP contribution in [0, 0.1) is 0 Å². The van der Waals surface area contributed by atoms with Crippen LogP contribution >= 0.6 is 0 Å². The van der Waals surface area contributed by atoms with E-state index in [4.69, 9.17) is 9.53 Å². The first-order valence-electron chi connectivity index (χ1n) is 5.95. The Hall–Kier alpha value is -0.713. The van der Waals surface area contributed by atoms with Gasteiger partial charge in [-0.05, 0) is 29.8 Å². The topological polar surface area (TPSA) is 42.4 Å². The molecule has 0 aliphatic carbocycles.